The van der Waals surface area contributed by atoms with Crippen molar-refractivity contribution in [3.63, 3.8) is 0 Å². The molecule has 1 aliphatic rings. The molecule has 3 heteroatoms. The van der Waals surface area contributed by atoms with Crippen LogP contribution >= 0.6 is 0 Å². The second kappa shape index (κ2) is 5.50. The molecule has 0 unspecified atom stereocenters. The Kier molecular flexibility index (Phi) is 4.58. The summed E-state index contributed by atoms with van der Waals surface area (Å²) in [5.74, 6) is -0.372. The fourth-order valence-corrected chi connectivity index (χ4v) is 2.07. The number of hydrogen-bond donors (Lipinski definition) is 0. The van der Waals surface area contributed by atoms with E-state index in [0.717, 1.165) is 12.8 Å². The Bertz CT molecular complexity index is 215. The zero-order chi connectivity index (χ0) is 11.3. The van der Waals surface area contributed by atoms with Gasteiger partial charge in [-0.25, -0.2) is 0 Å². The van der Waals surface area contributed by atoms with Crippen LogP contribution in [0.3, 0.4) is 0 Å². The fourth-order valence-electron chi connectivity index (χ4n) is 2.07. The molecule has 0 aromatic heterocycles. The van der Waals surface area contributed by atoms with Gasteiger partial charge in [-0.2, -0.15) is 0 Å². The summed E-state index contributed by atoms with van der Waals surface area (Å²) in [5, 5.41) is 0. The number of unbranched alkanes of at least 4 members (excludes halogenated alkanes) is 2. The van der Waals surface area contributed by atoms with Crippen LogP contribution in [0.25, 0.3) is 0 Å². The maximum Gasteiger partial charge on any atom is 0.305 e. The first-order chi connectivity index (χ1) is 7.14. The van der Waals surface area contributed by atoms with E-state index in [0.29, 0.717) is 12.5 Å². The number of hydrogen-bond acceptors (Lipinski definition) is 3. The quantitative estimate of drug-likeness (QED) is 0.371. The van der Waals surface area contributed by atoms with E-state index in [9.17, 15) is 4.79 Å². The molecule has 15 heavy (non-hydrogen) atoms. The zero-order valence-electron chi connectivity index (χ0n) is 10.0. The minimum Gasteiger partial charge on any atom is -0.433 e. The number of rotatable bonds is 7. The number of carbonyl (C=O) groups excluding carboxylic acids is 1. The summed E-state index contributed by atoms with van der Waals surface area (Å²) in [6, 6.07) is 0. The van der Waals surface area contributed by atoms with Gasteiger partial charge in [-0.3, -0.25) is 4.79 Å². The number of ether oxygens (including phenoxy) is 2. The first-order valence-electron chi connectivity index (χ1n) is 5.98. The van der Waals surface area contributed by atoms with Gasteiger partial charge in [0, 0.05) is 25.9 Å². The normalized spacial score (nSPS) is 28.9. The van der Waals surface area contributed by atoms with Gasteiger partial charge in [-0.15, -0.1) is 0 Å². The van der Waals surface area contributed by atoms with Crippen LogP contribution in [0.2, 0.25) is 0 Å². The van der Waals surface area contributed by atoms with Gasteiger partial charge in [-0.1, -0.05) is 26.2 Å². The van der Waals surface area contributed by atoms with E-state index in [-0.39, 0.29) is 5.97 Å². The fraction of sp³-hybridized carbons (Fsp3) is 0.917. The third-order valence-corrected chi connectivity index (χ3v) is 2.85. The molecular formula is C12H22O3. The van der Waals surface area contributed by atoms with Crippen LogP contribution in [-0.4, -0.2) is 18.4 Å². The average Bonchev–Trinajstić information content (AvgIpc) is 2.78. The largest absolute Gasteiger partial charge is 0.433 e. The molecule has 0 aromatic rings. The average molecular weight is 214 g/mol. The van der Waals surface area contributed by atoms with Gasteiger partial charge in [0.2, 0.25) is 5.79 Å². The van der Waals surface area contributed by atoms with Crippen LogP contribution in [0.15, 0.2) is 0 Å². The highest BCUT2D eigenvalue weighted by atomic mass is 16.7. The third-order valence-electron chi connectivity index (χ3n) is 2.85. The zero-order valence-corrected chi connectivity index (χ0v) is 10.0. The summed E-state index contributed by atoms with van der Waals surface area (Å²) in [5.41, 5.74) is 0. The van der Waals surface area contributed by atoms with Crippen molar-refractivity contribution < 1.29 is 14.3 Å². The van der Waals surface area contributed by atoms with Gasteiger partial charge >= 0.3 is 5.97 Å². The van der Waals surface area contributed by atoms with Crippen molar-refractivity contribution in [1.29, 1.82) is 0 Å². The molecule has 0 bridgehead atoms. The Morgan fingerprint density at radius 2 is 2.13 bits per heavy atom. The topological polar surface area (TPSA) is 35.5 Å². The molecule has 0 amide bonds. The molecule has 1 fully saturated rings. The summed E-state index contributed by atoms with van der Waals surface area (Å²) in [6.07, 6.45) is 5.67. The SMILES string of the molecule is CCCCC[C@@H]1C[C@@]1(OCC)OC(C)=O. The summed E-state index contributed by atoms with van der Waals surface area (Å²) in [6.45, 7) is 6.18. The van der Waals surface area contributed by atoms with E-state index < -0.39 is 5.79 Å². The predicted molar refractivity (Wildman–Crippen MR) is 58.4 cm³/mol. The molecule has 0 radical (unpaired) electrons. The first kappa shape index (κ1) is 12.5. The highest BCUT2D eigenvalue weighted by Gasteiger charge is 2.58. The van der Waals surface area contributed by atoms with Crippen molar-refractivity contribution in [3.05, 3.63) is 0 Å². The van der Waals surface area contributed by atoms with Gasteiger partial charge in [0.15, 0.2) is 0 Å². The van der Waals surface area contributed by atoms with Gasteiger partial charge in [0.25, 0.3) is 0 Å². The van der Waals surface area contributed by atoms with E-state index in [1.165, 1.54) is 26.2 Å². The van der Waals surface area contributed by atoms with Crippen LogP contribution < -0.4 is 0 Å². The minimum atomic E-state index is -0.561. The summed E-state index contributed by atoms with van der Waals surface area (Å²) in [4.78, 5) is 10.9. The molecule has 0 aliphatic heterocycles. The van der Waals surface area contributed by atoms with Gasteiger partial charge in [-0.05, 0) is 13.3 Å². The summed E-state index contributed by atoms with van der Waals surface area (Å²) >= 11 is 0. The Balaban J connectivity index is 2.32. The lowest BCUT2D eigenvalue weighted by Gasteiger charge is -2.17. The highest BCUT2D eigenvalue weighted by molar-refractivity contribution is 5.66. The minimum absolute atomic E-state index is 0.235. The third kappa shape index (κ3) is 3.49. The molecule has 1 saturated carbocycles. The maximum atomic E-state index is 10.9. The lowest BCUT2D eigenvalue weighted by atomic mass is 10.1. The van der Waals surface area contributed by atoms with E-state index in [1.54, 1.807) is 0 Å². The smallest absolute Gasteiger partial charge is 0.305 e. The molecule has 0 aromatic carbocycles. The van der Waals surface area contributed by atoms with Gasteiger partial charge in [0.05, 0.1) is 0 Å². The van der Waals surface area contributed by atoms with E-state index in [4.69, 9.17) is 9.47 Å². The van der Waals surface area contributed by atoms with Crippen LogP contribution in [0.4, 0.5) is 0 Å². The Morgan fingerprint density at radius 3 is 2.67 bits per heavy atom. The number of carbonyl (C=O) groups is 1. The van der Waals surface area contributed by atoms with Crippen molar-refractivity contribution in [2.45, 2.75) is 58.7 Å². The molecule has 3 nitrogen and oxygen atoms in total. The molecule has 1 aliphatic carbocycles. The second-order valence-electron chi connectivity index (χ2n) is 4.24. The van der Waals surface area contributed by atoms with Crippen molar-refractivity contribution in [3.8, 4) is 0 Å². The van der Waals surface area contributed by atoms with E-state index >= 15 is 0 Å². The molecule has 1 rings (SSSR count). The van der Waals surface area contributed by atoms with Crippen LogP contribution in [0.1, 0.15) is 52.9 Å². The second-order valence-corrected chi connectivity index (χ2v) is 4.24. The van der Waals surface area contributed by atoms with Crippen LogP contribution in [-0.2, 0) is 14.3 Å². The molecule has 0 heterocycles. The Morgan fingerprint density at radius 1 is 1.40 bits per heavy atom. The molecule has 88 valence electrons. The van der Waals surface area contributed by atoms with Gasteiger partial charge < -0.3 is 9.47 Å². The van der Waals surface area contributed by atoms with Crippen molar-refractivity contribution in [2.75, 3.05) is 6.61 Å². The van der Waals surface area contributed by atoms with Crippen molar-refractivity contribution in [2.24, 2.45) is 5.92 Å². The highest BCUT2D eigenvalue weighted by Crippen LogP contribution is 2.50. The lowest BCUT2D eigenvalue weighted by molar-refractivity contribution is -0.191. The first-order valence-corrected chi connectivity index (χ1v) is 5.98. The molecule has 0 saturated heterocycles. The summed E-state index contributed by atoms with van der Waals surface area (Å²) in [7, 11) is 0. The van der Waals surface area contributed by atoms with E-state index in [1.807, 2.05) is 6.92 Å². The predicted octanol–water partition coefficient (Wildman–Crippen LogP) is 2.88. The van der Waals surface area contributed by atoms with Gasteiger partial charge in [0.1, 0.15) is 0 Å². The summed E-state index contributed by atoms with van der Waals surface area (Å²) < 4.78 is 10.8. The van der Waals surface area contributed by atoms with E-state index in [2.05, 4.69) is 6.92 Å². The standard InChI is InChI=1S/C12H22O3/c1-4-6-7-8-11-9-12(11,14-5-2)15-10(3)13/h11H,4-9H2,1-3H3/t11-,12-/m1/s1. The van der Waals surface area contributed by atoms with Crippen molar-refractivity contribution >= 4 is 5.97 Å². The van der Waals surface area contributed by atoms with Crippen LogP contribution in [0.5, 0.6) is 0 Å². The monoisotopic (exact) mass is 214 g/mol. The lowest BCUT2D eigenvalue weighted by Crippen LogP contribution is -2.24. The molecule has 0 spiro atoms. The molecule has 0 N–H and O–H groups in total. The molecular weight excluding hydrogens is 192 g/mol. The van der Waals surface area contributed by atoms with Crippen molar-refractivity contribution in [1.82, 2.24) is 0 Å². The maximum absolute atomic E-state index is 10.9. The Labute approximate surface area is 92.1 Å². The van der Waals surface area contributed by atoms with Crippen LogP contribution in [0, 0.1) is 5.92 Å². The number of esters is 1. The Hall–Kier alpha value is -0.570. The molecule has 2 atom stereocenters.